The molecule has 0 spiro atoms. The highest BCUT2D eigenvalue weighted by molar-refractivity contribution is 6.32. The number of hydrogen-bond donors (Lipinski definition) is 1. The fourth-order valence-corrected chi connectivity index (χ4v) is 2.19. The zero-order valence-corrected chi connectivity index (χ0v) is 13.7. The fraction of sp³-hybridized carbons (Fsp3) is 0.176. The highest BCUT2D eigenvalue weighted by atomic mass is 35.5. The number of benzene rings is 2. The van der Waals surface area contributed by atoms with Gasteiger partial charge in [0, 0.05) is 11.3 Å². The SMILES string of the molecule is Cc1ccc(NC(=O)CC(=O)c2ccc(OC(F)(F)F)c(Cl)c2)cc1. The topological polar surface area (TPSA) is 55.4 Å². The Bertz CT molecular complexity index is 789. The van der Waals surface area contributed by atoms with Crippen molar-refractivity contribution in [2.45, 2.75) is 19.7 Å². The van der Waals surface area contributed by atoms with Crippen LogP contribution in [-0.2, 0) is 4.79 Å². The molecule has 0 aliphatic heterocycles. The molecule has 0 fully saturated rings. The van der Waals surface area contributed by atoms with Crippen molar-refractivity contribution in [2.24, 2.45) is 0 Å². The van der Waals surface area contributed by atoms with Gasteiger partial charge in [-0.05, 0) is 37.3 Å². The zero-order valence-electron chi connectivity index (χ0n) is 13.0. The van der Waals surface area contributed by atoms with E-state index < -0.39 is 30.2 Å². The lowest BCUT2D eigenvalue weighted by atomic mass is 10.1. The van der Waals surface area contributed by atoms with Gasteiger partial charge in [0.05, 0.1) is 11.4 Å². The average Bonchev–Trinajstić information content (AvgIpc) is 2.50. The van der Waals surface area contributed by atoms with Crippen LogP contribution in [0.5, 0.6) is 5.75 Å². The van der Waals surface area contributed by atoms with E-state index in [1.54, 1.807) is 24.3 Å². The van der Waals surface area contributed by atoms with Crippen molar-refractivity contribution in [3.05, 3.63) is 58.6 Å². The van der Waals surface area contributed by atoms with E-state index in [0.717, 1.165) is 23.8 Å². The summed E-state index contributed by atoms with van der Waals surface area (Å²) in [5.41, 5.74) is 1.57. The van der Waals surface area contributed by atoms with E-state index >= 15 is 0 Å². The minimum Gasteiger partial charge on any atom is -0.404 e. The lowest BCUT2D eigenvalue weighted by Gasteiger charge is -2.11. The van der Waals surface area contributed by atoms with E-state index in [-0.39, 0.29) is 10.6 Å². The third-order valence-corrected chi connectivity index (χ3v) is 3.43. The molecule has 0 saturated carbocycles. The first-order chi connectivity index (χ1) is 11.6. The van der Waals surface area contributed by atoms with Gasteiger partial charge in [0.2, 0.25) is 5.91 Å². The number of alkyl halides is 3. The summed E-state index contributed by atoms with van der Waals surface area (Å²) in [6.45, 7) is 1.89. The van der Waals surface area contributed by atoms with Crippen LogP contribution in [0.4, 0.5) is 18.9 Å². The molecule has 2 aromatic rings. The van der Waals surface area contributed by atoms with Crippen LogP contribution in [-0.4, -0.2) is 18.1 Å². The van der Waals surface area contributed by atoms with E-state index in [4.69, 9.17) is 11.6 Å². The number of carbonyl (C=O) groups excluding carboxylic acids is 2. The van der Waals surface area contributed by atoms with Crippen LogP contribution >= 0.6 is 11.6 Å². The van der Waals surface area contributed by atoms with Gasteiger partial charge in [0.15, 0.2) is 5.78 Å². The van der Waals surface area contributed by atoms with Crippen LogP contribution in [0.25, 0.3) is 0 Å². The van der Waals surface area contributed by atoms with E-state index in [0.29, 0.717) is 5.69 Å². The molecule has 0 aromatic heterocycles. The standard InChI is InChI=1S/C17H13ClF3NO3/c1-10-2-5-12(6-3-10)22-16(24)9-14(23)11-4-7-15(13(18)8-11)25-17(19,20)21/h2-8H,9H2,1H3,(H,22,24). The van der Waals surface area contributed by atoms with Gasteiger partial charge in [-0.1, -0.05) is 29.3 Å². The molecular weight excluding hydrogens is 359 g/mol. The van der Waals surface area contributed by atoms with Gasteiger partial charge in [-0.2, -0.15) is 0 Å². The van der Waals surface area contributed by atoms with Gasteiger partial charge in [-0.15, -0.1) is 13.2 Å². The van der Waals surface area contributed by atoms with Gasteiger partial charge in [-0.25, -0.2) is 0 Å². The lowest BCUT2D eigenvalue weighted by Crippen LogP contribution is -2.18. The Hall–Kier alpha value is -2.54. The third-order valence-electron chi connectivity index (χ3n) is 3.14. The lowest BCUT2D eigenvalue weighted by molar-refractivity contribution is -0.274. The number of rotatable bonds is 5. The molecule has 132 valence electrons. The molecule has 0 radical (unpaired) electrons. The first kappa shape index (κ1) is 18.8. The molecule has 8 heteroatoms. The van der Waals surface area contributed by atoms with Crippen LogP contribution in [0.15, 0.2) is 42.5 Å². The number of aryl methyl sites for hydroxylation is 1. The second-order valence-corrected chi connectivity index (χ2v) is 5.61. The van der Waals surface area contributed by atoms with Crippen LogP contribution < -0.4 is 10.1 Å². The molecule has 0 atom stereocenters. The van der Waals surface area contributed by atoms with Gasteiger partial charge in [-0.3, -0.25) is 9.59 Å². The number of carbonyl (C=O) groups is 2. The number of hydrogen-bond acceptors (Lipinski definition) is 3. The number of ketones is 1. The quantitative estimate of drug-likeness (QED) is 0.609. The molecule has 4 nitrogen and oxygen atoms in total. The molecule has 0 aliphatic rings. The maximum atomic E-state index is 12.2. The Kier molecular flexibility index (Phi) is 5.69. The molecule has 1 N–H and O–H groups in total. The number of ether oxygens (including phenoxy) is 1. The molecule has 0 unspecified atom stereocenters. The maximum absolute atomic E-state index is 12.2. The molecule has 0 aliphatic carbocycles. The number of halogens is 4. The van der Waals surface area contributed by atoms with Crippen molar-refractivity contribution >= 4 is 29.0 Å². The van der Waals surface area contributed by atoms with Crippen molar-refractivity contribution in [2.75, 3.05) is 5.32 Å². The van der Waals surface area contributed by atoms with E-state index in [9.17, 15) is 22.8 Å². The van der Waals surface area contributed by atoms with Crippen LogP contribution in [0.3, 0.4) is 0 Å². The Morgan fingerprint density at radius 1 is 1.12 bits per heavy atom. The van der Waals surface area contributed by atoms with Gasteiger partial charge in [0.25, 0.3) is 0 Å². The Morgan fingerprint density at radius 3 is 2.32 bits per heavy atom. The normalized spacial score (nSPS) is 11.1. The van der Waals surface area contributed by atoms with Gasteiger partial charge < -0.3 is 10.1 Å². The summed E-state index contributed by atoms with van der Waals surface area (Å²) >= 11 is 5.68. The largest absolute Gasteiger partial charge is 0.573 e. The maximum Gasteiger partial charge on any atom is 0.573 e. The molecular formula is C17H13ClF3NO3. The Labute approximate surface area is 146 Å². The number of nitrogens with one attached hydrogen (secondary N) is 1. The Balaban J connectivity index is 2.01. The monoisotopic (exact) mass is 371 g/mol. The summed E-state index contributed by atoms with van der Waals surface area (Å²) in [5, 5.41) is 2.19. The summed E-state index contributed by atoms with van der Waals surface area (Å²) in [6, 6.07) is 10.1. The summed E-state index contributed by atoms with van der Waals surface area (Å²) in [4.78, 5) is 23.9. The van der Waals surface area contributed by atoms with Gasteiger partial charge in [0.1, 0.15) is 5.75 Å². The van der Waals surface area contributed by atoms with Crippen molar-refractivity contribution in [1.29, 1.82) is 0 Å². The summed E-state index contributed by atoms with van der Waals surface area (Å²) in [5.74, 6) is -1.74. The highest BCUT2D eigenvalue weighted by Crippen LogP contribution is 2.31. The summed E-state index contributed by atoms with van der Waals surface area (Å²) in [7, 11) is 0. The van der Waals surface area contributed by atoms with E-state index in [1.807, 2.05) is 6.92 Å². The highest BCUT2D eigenvalue weighted by Gasteiger charge is 2.32. The average molecular weight is 372 g/mol. The van der Waals surface area contributed by atoms with Gasteiger partial charge >= 0.3 is 6.36 Å². The van der Waals surface area contributed by atoms with E-state index in [1.165, 1.54) is 0 Å². The zero-order chi connectivity index (χ0) is 18.6. The first-order valence-corrected chi connectivity index (χ1v) is 7.47. The number of anilines is 1. The van der Waals surface area contributed by atoms with Crippen molar-refractivity contribution < 1.29 is 27.5 Å². The second-order valence-electron chi connectivity index (χ2n) is 5.21. The predicted molar refractivity (Wildman–Crippen MR) is 86.9 cm³/mol. The van der Waals surface area contributed by atoms with E-state index in [2.05, 4.69) is 10.1 Å². The third kappa shape index (κ3) is 5.79. The van der Waals surface area contributed by atoms with Crippen molar-refractivity contribution in [3.8, 4) is 5.75 Å². The minimum absolute atomic E-state index is 0.0126. The van der Waals surface area contributed by atoms with Crippen molar-refractivity contribution in [1.82, 2.24) is 0 Å². The molecule has 0 heterocycles. The van der Waals surface area contributed by atoms with Crippen molar-refractivity contribution in [3.63, 3.8) is 0 Å². The van der Waals surface area contributed by atoms with Crippen LogP contribution in [0, 0.1) is 6.92 Å². The minimum atomic E-state index is -4.89. The number of Topliss-reactive ketones (excluding diaryl/α,β-unsaturated/α-hetero) is 1. The summed E-state index contributed by atoms with van der Waals surface area (Å²) < 4.78 is 40.3. The molecule has 2 rings (SSSR count). The molecule has 0 bridgehead atoms. The van der Waals surface area contributed by atoms with Crippen LogP contribution in [0.1, 0.15) is 22.3 Å². The summed E-state index contributed by atoms with van der Waals surface area (Å²) in [6.07, 6.45) is -5.35. The second kappa shape index (κ2) is 7.57. The molecule has 25 heavy (non-hydrogen) atoms. The number of amides is 1. The first-order valence-electron chi connectivity index (χ1n) is 7.09. The smallest absolute Gasteiger partial charge is 0.404 e. The molecule has 1 amide bonds. The van der Waals surface area contributed by atoms with Crippen LogP contribution in [0.2, 0.25) is 5.02 Å². The molecule has 0 saturated heterocycles. The predicted octanol–water partition coefficient (Wildman–Crippen LogP) is 4.76. The molecule has 2 aromatic carbocycles. The fourth-order valence-electron chi connectivity index (χ4n) is 1.97. The Morgan fingerprint density at radius 2 is 1.76 bits per heavy atom.